The fraction of sp³-hybridized carbons (Fsp3) is 0.278. The molecule has 0 unspecified atom stereocenters. The lowest BCUT2D eigenvalue weighted by Gasteiger charge is -2.07. The number of benzene rings is 1. The van der Waals surface area contributed by atoms with Crippen molar-refractivity contribution in [2.24, 2.45) is 0 Å². The van der Waals surface area contributed by atoms with Crippen LogP contribution >= 0.6 is 0 Å². The molecule has 2 N–H and O–H groups in total. The van der Waals surface area contributed by atoms with Gasteiger partial charge in [0, 0.05) is 36.5 Å². The molecule has 0 aliphatic carbocycles. The smallest absolute Gasteiger partial charge is 0.251 e. The van der Waals surface area contributed by atoms with Gasteiger partial charge in [-0.3, -0.25) is 14.3 Å². The summed E-state index contributed by atoms with van der Waals surface area (Å²) in [5, 5.41) is 9.94. The van der Waals surface area contributed by atoms with Crippen molar-refractivity contribution in [3.05, 3.63) is 60.4 Å². The molecule has 0 atom stereocenters. The van der Waals surface area contributed by atoms with E-state index in [4.69, 9.17) is 0 Å². The minimum absolute atomic E-state index is 0.187. The van der Waals surface area contributed by atoms with Crippen molar-refractivity contribution >= 4 is 17.5 Å². The van der Waals surface area contributed by atoms with Crippen LogP contribution < -0.4 is 10.6 Å². The number of amides is 2. The van der Waals surface area contributed by atoms with Crippen molar-refractivity contribution in [1.82, 2.24) is 15.1 Å². The average molecular weight is 326 g/mol. The van der Waals surface area contributed by atoms with Crippen LogP contribution in [0.3, 0.4) is 0 Å². The number of anilines is 1. The van der Waals surface area contributed by atoms with Crippen molar-refractivity contribution in [1.29, 1.82) is 0 Å². The maximum absolute atomic E-state index is 12.2. The molecule has 1 aromatic heterocycles. The molecule has 126 valence electrons. The van der Waals surface area contributed by atoms with Gasteiger partial charge in [0.2, 0.25) is 5.91 Å². The van der Waals surface area contributed by atoms with Gasteiger partial charge in [-0.25, -0.2) is 0 Å². The van der Waals surface area contributed by atoms with Crippen LogP contribution in [0.5, 0.6) is 0 Å². The summed E-state index contributed by atoms with van der Waals surface area (Å²) in [6.45, 7) is 8.03. The summed E-state index contributed by atoms with van der Waals surface area (Å²) in [5.41, 5.74) is 1.99. The molecule has 0 saturated heterocycles. The van der Waals surface area contributed by atoms with Crippen LogP contribution in [0.25, 0.3) is 0 Å². The Labute approximate surface area is 141 Å². The molecule has 1 heterocycles. The Hall–Kier alpha value is -2.89. The van der Waals surface area contributed by atoms with E-state index in [1.807, 2.05) is 16.9 Å². The van der Waals surface area contributed by atoms with E-state index in [9.17, 15) is 9.59 Å². The highest BCUT2D eigenvalue weighted by atomic mass is 16.2. The molecule has 0 aliphatic heterocycles. The van der Waals surface area contributed by atoms with Crippen LogP contribution in [0.1, 0.15) is 35.9 Å². The molecular formula is C18H22N4O2. The predicted molar refractivity (Wildman–Crippen MR) is 93.9 cm³/mol. The molecule has 6 heteroatoms. The summed E-state index contributed by atoms with van der Waals surface area (Å²) in [7, 11) is 0. The molecular weight excluding hydrogens is 304 g/mol. The number of nitrogens with one attached hydrogen (secondary N) is 2. The second kappa shape index (κ2) is 8.10. The van der Waals surface area contributed by atoms with E-state index in [0.717, 1.165) is 5.69 Å². The molecule has 2 rings (SSSR count). The van der Waals surface area contributed by atoms with E-state index in [0.29, 0.717) is 30.3 Å². The molecule has 0 spiro atoms. The number of carbonyl (C=O) groups excluding carboxylic acids is 2. The lowest BCUT2D eigenvalue weighted by Crippen LogP contribution is -2.26. The Kier molecular flexibility index (Phi) is 5.89. The standard InChI is InChI=1S/C18H22N4O2/c1-4-17(23)20-16-7-5-6-14(12-16)18(24)19-10-8-15-9-11-22(21-15)13(2)3/h4-7,9,11-13H,1,8,10H2,2-3H3,(H,19,24)(H,20,23). The molecule has 0 aliphatic rings. The van der Waals surface area contributed by atoms with Crippen molar-refractivity contribution in [3.8, 4) is 0 Å². The van der Waals surface area contributed by atoms with Crippen LogP contribution in [0.2, 0.25) is 0 Å². The largest absolute Gasteiger partial charge is 0.352 e. The molecule has 0 saturated carbocycles. The Morgan fingerprint density at radius 3 is 2.79 bits per heavy atom. The third-order valence-corrected chi connectivity index (χ3v) is 3.44. The maximum atomic E-state index is 12.2. The molecule has 0 radical (unpaired) electrons. The van der Waals surface area contributed by atoms with Crippen molar-refractivity contribution in [2.75, 3.05) is 11.9 Å². The monoisotopic (exact) mass is 326 g/mol. The van der Waals surface area contributed by atoms with Gasteiger partial charge in [0.1, 0.15) is 0 Å². The van der Waals surface area contributed by atoms with Gasteiger partial charge in [0.15, 0.2) is 0 Å². The van der Waals surface area contributed by atoms with Crippen molar-refractivity contribution < 1.29 is 9.59 Å². The fourth-order valence-electron chi connectivity index (χ4n) is 2.14. The third-order valence-electron chi connectivity index (χ3n) is 3.44. The molecule has 0 bridgehead atoms. The van der Waals surface area contributed by atoms with Gasteiger partial charge in [0.25, 0.3) is 5.91 Å². The second-order valence-corrected chi connectivity index (χ2v) is 5.66. The summed E-state index contributed by atoms with van der Waals surface area (Å²) in [4.78, 5) is 23.5. The van der Waals surface area contributed by atoms with Crippen LogP contribution in [0, 0.1) is 0 Å². The summed E-state index contributed by atoms with van der Waals surface area (Å²) < 4.78 is 1.89. The van der Waals surface area contributed by atoms with E-state index in [2.05, 4.69) is 36.2 Å². The lowest BCUT2D eigenvalue weighted by atomic mass is 10.2. The minimum Gasteiger partial charge on any atom is -0.352 e. The first kappa shape index (κ1) is 17.5. The van der Waals surface area contributed by atoms with Crippen LogP contribution in [-0.4, -0.2) is 28.1 Å². The van der Waals surface area contributed by atoms with E-state index in [-0.39, 0.29) is 11.8 Å². The van der Waals surface area contributed by atoms with E-state index >= 15 is 0 Å². The lowest BCUT2D eigenvalue weighted by molar-refractivity contribution is -0.111. The normalized spacial score (nSPS) is 10.5. The molecule has 1 aromatic carbocycles. The number of aromatic nitrogens is 2. The molecule has 2 aromatic rings. The van der Waals surface area contributed by atoms with Gasteiger partial charge in [-0.2, -0.15) is 5.10 Å². The number of nitrogens with zero attached hydrogens (tertiary/aromatic N) is 2. The van der Waals surface area contributed by atoms with Gasteiger partial charge in [-0.15, -0.1) is 0 Å². The van der Waals surface area contributed by atoms with Crippen LogP contribution in [0.15, 0.2) is 49.2 Å². The van der Waals surface area contributed by atoms with E-state index in [1.54, 1.807) is 24.3 Å². The highest BCUT2D eigenvalue weighted by Gasteiger charge is 2.08. The maximum Gasteiger partial charge on any atom is 0.251 e. The zero-order valence-electron chi connectivity index (χ0n) is 14.0. The first-order chi connectivity index (χ1) is 11.5. The molecule has 6 nitrogen and oxygen atoms in total. The Morgan fingerprint density at radius 1 is 1.33 bits per heavy atom. The number of carbonyl (C=O) groups is 2. The minimum atomic E-state index is -0.312. The van der Waals surface area contributed by atoms with Gasteiger partial charge in [-0.05, 0) is 44.2 Å². The zero-order valence-corrected chi connectivity index (χ0v) is 14.0. The predicted octanol–water partition coefficient (Wildman–Crippen LogP) is 2.56. The van der Waals surface area contributed by atoms with E-state index in [1.165, 1.54) is 6.08 Å². The van der Waals surface area contributed by atoms with Crippen molar-refractivity contribution in [2.45, 2.75) is 26.3 Å². The quantitative estimate of drug-likeness (QED) is 0.768. The summed E-state index contributed by atoms with van der Waals surface area (Å²) >= 11 is 0. The van der Waals surface area contributed by atoms with Crippen molar-refractivity contribution in [3.63, 3.8) is 0 Å². The topological polar surface area (TPSA) is 76.0 Å². The van der Waals surface area contributed by atoms with Crippen LogP contribution in [-0.2, 0) is 11.2 Å². The number of hydrogen-bond donors (Lipinski definition) is 2. The highest BCUT2D eigenvalue weighted by molar-refractivity contribution is 6.00. The zero-order chi connectivity index (χ0) is 17.5. The third kappa shape index (κ3) is 4.81. The second-order valence-electron chi connectivity index (χ2n) is 5.66. The molecule has 24 heavy (non-hydrogen) atoms. The van der Waals surface area contributed by atoms with Gasteiger partial charge in [0.05, 0.1) is 5.69 Å². The first-order valence-electron chi connectivity index (χ1n) is 7.85. The summed E-state index contributed by atoms with van der Waals surface area (Å²) in [6.07, 6.45) is 3.79. The Morgan fingerprint density at radius 2 is 2.12 bits per heavy atom. The SMILES string of the molecule is C=CC(=O)Nc1cccc(C(=O)NCCc2ccn(C(C)C)n2)c1. The van der Waals surface area contributed by atoms with Gasteiger partial charge >= 0.3 is 0 Å². The van der Waals surface area contributed by atoms with Gasteiger partial charge in [-0.1, -0.05) is 12.6 Å². The van der Waals surface area contributed by atoms with Gasteiger partial charge < -0.3 is 10.6 Å². The Bertz CT molecular complexity index is 734. The molecule has 2 amide bonds. The fourth-order valence-corrected chi connectivity index (χ4v) is 2.14. The van der Waals surface area contributed by atoms with E-state index < -0.39 is 0 Å². The summed E-state index contributed by atoms with van der Waals surface area (Å²) in [5.74, 6) is -0.499. The molecule has 0 fully saturated rings. The number of rotatable bonds is 7. The Balaban J connectivity index is 1.88. The summed E-state index contributed by atoms with van der Waals surface area (Å²) in [6, 6.07) is 9.05. The number of hydrogen-bond acceptors (Lipinski definition) is 3. The highest BCUT2D eigenvalue weighted by Crippen LogP contribution is 2.11. The van der Waals surface area contributed by atoms with Crippen LogP contribution in [0.4, 0.5) is 5.69 Å². The first-order valence-corrected chi connectivity index (χ1v) is 7.85. The average Bonchev–Trinajstić information content (AvgIpc) is 3.04.